The molecule has 0 fully saturated rings. The Morgan fingerprint density at radius 2 is 2.33 bits per heavy atom. The summed E-state index contributed by atoms with van der Waals surface area (Å²) in [5.41, 5.74) is 0.481. The van der Waals surface area contributed by atoms with E-state index in [9.17, 15) is 4.79 Å². The molecule has 0 saturated heterocycles. The standard InChI is InChI=1S/C11H19NO3/c1-11(2,3)15-10(14)9-5-4-8(7-13)6-12-9/h4,9,12-13H,5-7H2,1-3H3. The molecule has 1 aliphatic heterocycles. The zero-order chi connectivity index (χ0) is 11.5. The van der Waals surface area contributed by atoms with Gasteiger partial charge in [-0.3, -0.25) is 4.79 Å². The number of aliphatic hydroxyl groups is 1. The lowest BCUT2D eigenvalue weighted by atomic mass is 10.1. The Morgan fingerprint density at radius 3 is 2.73 bits per heavy atom. The lowest BCUT2D eigenvalue weighted by Crippen LogP contribution is -2.44. The minimum Gasteiger partial charge on any atom is -0.459 e. The molecule has 0 aliphatic carbocycles. The highest BCUT2D eigenvalue weighted by Crippen LogP contribution is 2.13. The molecule has 0 spiro atoms. The van der Waals surface area contributed by atoms with Crippen LogP contribution in [0.3, 0.4) is 0 Å². The van der Waals surface area contributed by atoms with Crippen molar-refractivity contribution in [1.29, 1.82) is 0 Å². The Labute approximate surface area is 90.3 Å². The van der Waals surface area contributed by atoms with Gasteiger partial charge in [0.1, 0.15) is 11.6 Å². The summed E-state index contributed by atoms with van der Waals surface area (Å²) < 4.78 is 5.25. The highest BCUT2D eigenvalue weighted by atomic mass is 16.6. The van der Waals surface area contributed by atoms with E-state index < -0.39 is 5.60 Å². The van der Waals surface area contributed by atoms with Crippen LogP contribution in [0.2, 0.25) is 0 Å². The maximum absolute atomic E-state index is 11.6. The second kappa shape index (κ2) is 4.77. The maximum Gasteiger partial charge on any atom is 0.323 e. The van der Waals surface area contributed by atoms with Gasteiger partial charge >= 0.3 is 5.97 Å². The molecular formula is C11H19NO3. The Kier molecular flexibility index (Phi) is 3.88. The van der Waals surface area contributed by atoms with E-state index >= 15 is 0 Å². The van der Waals surface area contributed by atoms with Crippen LogP contribution in [0.4, 0.5) is 0 Å². The number of rotatable bonds is 2. The average Bonchev–Trinajstić information content (AvgIpc) is 2.15. The second-order valence-corrected chi connectivity index (χ2v) is 4.72. The number of esters is 1. The Morgan fingerprint density at radius 1 is 1.67 bits per heavy atom. The smallest absolute Gasteiger partial charge is 0.323 e. The molecule has 1 heterocycles. The molecular weight excluding hydrogens is 194 g/mol. The minimum absolute atomic E-state index is 0.0496. The molecule has 4 nitrogen and oxygen atoms in total. The van der Waals surface area contributed by atoms with Gasteiger partial charge in [0, 0.05) is 6.54 Å². The van der Waals surface area contributed by atoms with Crippen molar-refractivity contribution >= 4 is 5.97 Å². The number of hydrogen-bond donors (Lipinski definition) is 2. The van der Waals surface area contributed by atoms with Crippen molar-refractivity contribution in [3.63, 3.8) is 0 Å². The lowest BCUT2D eigenvalue weighted by molar-refractivity contribution is -0.157. The third-order valence-corrected chi connectivity index (χ3v) is 2.11. The van der Waals surface area contributed by atoms with Crippen molar-refractivity contribution in [3.8, 4) is 0 Å². The van der Waals surface area contributed by atoms with Gasteiger partial charge in [-0.15, -0.1) is 0 Å². The van der Waals surface area contributed by atoms with Crippen LogP contribution in [-0.4, -0.2) is 35.9 Å². The van der Waals surface area contributed by atoms with Crippen LogP contribution in [0.15, 0.2) is 11.6 Å². The Bertz CT molecular complexity index is 265. The number of ether oxygens (including phenoxy) is 1. The molecule has 0 bridgehead atoms. The number of carbonyl (C=O) groups is 1. The second-order valence-electron chi connectivity index (χ2n) is 4.72. The SMILES string of the molecule is CC(C)(C)OC(=O)C1CC=C(CO)CN1. The van der Waals surface area contributed by atoms with Crippen molar-refractivity contribution < 1.29 is 14.6 Å². The van der Waals surface area contributed by atoms with E-state index in [1.807, 2.05) is 26.8 Å². The van der Waals surface area contributed by atoms with Gasteiger partial charge in [0.15, 0.2) is 0 Å². The summed E-state index contributed by atoms with van der Waals surface area (Å²) in [5.74, 6) is -0.226. The van der Waals surface area contributed by atoms with Crippen LogP contribution in [-0.2, 0) is 9.53 Å². The van der Waals surface area contributed by atoms with E-state index in [0.29, 0.717) is 13.0 Å². The molecule has 0 saturated carbocycles. The van der Waals surface area contributed by atoms with Gasteiger partial charge in [-0.05, 0) is 32.8 Å². The van der Waals surface area contributed by atoms with Crippen molar-refractivity contribution in [2.24, 2.45) is 0 Å². The van der Waals surface area contributed by atoms with Crippen molar-refractivity contribution in [1.82, 2.24) is 5.32 Å². The molecule has 4 heteroatoms. The number of nitrogens with one attached hydrogen (secondary N) is 1. The molecule has 2 N–H and O–H groups in total. The molecule has 15 heavy (non-hydrogen) atoms. The summed E-state index contributed by atoms with van der Waals surface area (Å²) in [7, 11) is 0. The van der Waals surface area contributed by atoms with Gasteiger partial charge in [-0.2, -0.15) is 0 Å². The molecule has 0 aromatic carbocycles. The average molecular weight is 213 g/mol. The molecule has 0 aromatic heterocycles. The van der Waals surface area contributed by atoms with Gasteiger partial charge < -0.3 is 15.2 Å². The third-order valence-electron chi connectivity index (χ3n) is 2.11. The first-order valence-corrected chi connectivity index (χ1v) is 5.17. The monoisotopic (exact) mass is 213 g/mol. The zero-order valence-corrected chi connectivity index (χ0v) is 9.54. The van der Waals surface area contributed by atoms with E-state index in [0.717, 1.165) is 5.57 Å². The quantitative estimate of drug-likeness (QED) is 0.521. The highest BCUT2D eigenvalue weighted by Gasteiger charge is 2.25. The van der Waals surface area contributed by atoms with E-state index in [-0.39, 0.29) is 18.6 Å². The normalized spacial score (nSPS) is 22.1. The van der Waals surface area contributed by atoms with E-state index in [2.05, 4.69) is 5.32 Å². The summed E-state index contributed by atoms with van der Waals surface area (Å²) in [4.78, 5) is 11.6. The van der Waals surface area contributed by atoms with E-state index in [1.54, 1.807) is 0 Å². The van der Waals surface area contributed by atoms with Crippen molar-refractivity contribution in [2.45, 2.75) is 38.8 Å². The zero-order valence-electron chi connectivity index (χ0n) is 9.54. The summed E-state index contributed by atoms with van der Waals surface area (Å²) in [5, 5.41) is 11.9. The number of aliphatic hydroxyl groups excluding tert-OH is 1. The fourth-order valence-electron chi connectivity index (χ4n) is 1.37. The molecule has 1 unspecified atom stereocenters. The first-order chi connectivity index (χ1) is 6.92. The summed E-state index contributed by atoms with van der Waals surface area (Å²) in [6.45, 7) is 6.16. The third kappa shape index (κ3) is 4.01. The summed E-state index contributed by atoms with van der Waals surface area (Å²) in [6.07, 6.45) is 2.48. The van der Waals surface area contributed by atoms with Gasteiger partial charge in [0.2, 0.25) is 0 Å². The fourth-order valence-corrected chi connectivity index (χ4v) is 1.37. The maximum atomic E-state index is 11.6. The Hall–Kier alpha value is -0.870. The first kappa shape index (κ1) is 12.2. The van der Waals surface area contributed by atoms with Crippen LogP contribution in [0.25, 0.3) is 0 Å². The van der Waals surface area contributed by atoms with Crippen molar-refractivity contribution in [3.05, 3.63) is 11.6 Å². The van der Waals surface area contributed by atoms with Crippen LogP contribution in [0, 0.1) is 0 Å². The molecule has 1 rings (SSSR count). The molecule has 1 atom stereocenters. The van der Waals surface area contributed by atoms with Gasteiger partial charge in [0.25, 0.3) is 0 Å². The predicted octanol–water partition coefficient (Wildman–Crippen LogP) is 0.609. The molecule has 0 aromatic rings. The molecule has 86 valence electrons. The van der Waals surface area contributed by atoms with Crippen molar-refractivity contribution in [2.75, 3.05) is 13.2 Å². The van der Waals surface area contributed by atoms with Crippen LogP contribution < -0.4 is 5.32 Å². The van der Waals surface area contributed by atoms with Crippen LogP contribution in [0.5, 0.6) is 0 Å². The molecule has 1 aliphatic rings. The van der Waals surface area contributed by atoms with Crippen LogP contribution in [0.1, 0.15) is 27.2 Å². The molecule has 0 amide bonds. The van der Waals surface area contributed by atoms with E-state index in [1.165, 1.54) is 0 Å². The largest absolute Gasteiger partial charge is 0.459 e. The number of carbonyl (C=O) groups excluding carboxylic acids is 1. The predicted molar refractivity (Wildman–Crippen MR) is 57.4 cm³/mol. The van der Waals surface area contributed by atoms with E-state index in [4.69, 9.17) is 9.84 Å². The lowest BCUT2D eigenvalue weighted by Gasteiger charge is -2.26. The van der Waals surface area contributed by atoms with Gasteiger partial charge in [-0.1, -0.05) is 6.08 Å². The van der Waals surface area contributed by atoms with Crippen LogP contribution >= 0.6 is 0 Å². The van der Waals surface area contributed by atoms with Gasteiger partial charge in [-0.25, -0.2) is 0 Å². The minimum atomic E-state index is -0.445. The van der Waals surface area contributed by atoms with Gasteiger partial charge in [0.05, 0.1) is 6.61 Å². The summed E-state index contributed by atoms with van der Waals surface area (Å²) in [6, 6.07) is -0.278. The molecule has 0 radical (unpaired) electrons. The topological polar surface area (TPSA) is 58.6 Å². The summed E-state index contributed by atoms with van der Waals surface area (Å²) >= 11 is 0. The Balaban J connectivity index is 2.47. The number of hydrogen-bond acceptors (Lipinski definition) is 4. The highest BCUT2D eigenvalue weighted by molar-refractivity contribution is 5.76. The first-order valence-electron chi connectivity index (χ1n) is 5.17. The fraction of sp³-hybridized carbons (Fsp3) is 0.727.